The topological polar surface area (TPSA) is 61.4 Å². The van der Waals surface area contributed by atoms with Crippen molar-refractivity contribution in [3.8, 4) is 0 Å². The van der Waals surface area contributed by atoms with Crippen LogP contribution in [0.15, 0.2) is 12.4 Å². The van der Waals surface area contributed by atoms with E-state index in [0.717, 1.165) is 63.3 Å². The lowest BCUT2D eigenvalue weighted by atomic mass is 10.0. The van der Waals surface area contributed by atoms with Gasteiger partial charge in [0.2, 0.25) is 5.91 Å². The molecule has 1 unspecified atom stereocenters. The number of anilines is 1. The van der Waals surface area contributed by atoms with Crippen molar-refractivity contribution in [1.82, 2.24) is 20.2 Å². The molecule has 0 bridgehead atoms. The number of nitrogens with zero attached hydrogens (tertiary/aromatic N) is 4. The Morgan fingerprint density at radius 1 is 1.25 bits per heavy atom. The summed E-state index contributed by atoms with van der Waals surface area (Å²) in [6, 6.07) is 2.91. The number of aryl methyl sites for hydroxylation is 1. The highest BCUT2D eigenvalue weighted by Crippen LogP contribution is 2.21. The van der Waals surface area contributed by atoms with E-state index in [0.29, 0.717) is 18.5 Å². The highest BCUT2D eigenvalue weighted by molar-refractivity contribution is 5.76. The van der Waals surface area contributed by atoms with Crippen LogP contribution in [-0.4, -0.2) is 59.5 Å². The summed E-state index contributed by atoms with van der Waals surface area (Å²) in [5.41, 5.74) is 1.01. The third-order valence-corrected chi connectivity index (χ3v) is 5.31. The molecule has 0 spiro atoms. The van der Waals surface area contributed by atoms with Gasteiger partial charge in [0.05, 0.1) is 0 Å². The van der Waals surface area contributed by atoms with E-state index in [1.165, 1.54) is 0 Å². The summed E-state index contributed by atoms with van der Waals surface area (Å²) in [4.78, 5) is 25.1. The quantitative estimate of drug-likeness (QED) is 0.911. The van der Waals surface area contributed by atoms with Crippen LogP contribution in [0.5, 0.6) is 0 Å². The number of nitrogens with one attached hydrogen (secondary N) is 1. The van der Waals surface area contributed by atoms with Crippen LogP contribution in [0.25, 0.3) is 0 Å². The Hall–Kier alpha value is -1.69. The molecular weight excluding hydrogens is 302 g/mol. The second kappa shape index (κ2) is 7.92. The van der Waals surface area contributed by atoms with Crippen molar-refractivity contribution >= 4 is 11.7 Å². The number of hydrogen-bond donors (Lipinski definition) is 1. The van der Waals surface area contributed by atoms with Crippen molar-refractivity contribution in [3.05, 3.63) is 18.1 Å². The smallest absolute Gasteiger partial charge is 0.220 e. The molecule has 2 aliphatic rings. The minimum atomic E-state index is 0.228. The molecule has 132 valence electrons. The molecule has 1 amide bonds. The zero-order chi connectivity index (χ0) is 16.9. The fourth-order valence-electron chi connectivity index (χ4n) is 3.81. The highest BCUT2D eigenvalue weighted by Gasteiger charge is 2.26. The van der Waals surface area contributed by atoms with Gasteiger partial charge < -0.3 is 15.1 Å². The molecule has 6 nitrogen and oxygen atoms in total. The van der Waals surface area contributed by atoms with Gasteiger partial charge in [-0.05, 0) is 32.6 Å². The van der Waals surface area contributed by atoms with Crippen molar-refractivity contribution < 1.29 is 4.79 Å². The lowest BCUT2D eigenvalue weighted by Gasteiger charge is -2.38. The van der Waals surface area contributed by atoms with Crippen LogP contribution in [0.3, 0.4) is 0 Å². The van der Waals surface area contributed by atoms with Crippen molar-refractivity contribution in [1.29, 1.82) is 0 Å². The van der Waals surface area contributed by atoms with Gasteiger partial charge in [-0.1, -0.05) is 6.42 Å². The number of carbonyl (C=O) groups is 1. The SMILES string of the molecule is Cc1cc(N(C)C2CCN(CC3CCCCC(=O)N3)CC2)ncn1. The fourth-order valence-corrected chi connectivity index (χ4v) is 3.81. The van der Waals surface area contributed by atoms with Crippen molar-refractivity contribution in [2.24, 2.45) is 0 Å². The van der Waals surface area contributed by atoms with Gasteiger partial charge >= 0.3 is 0 Å². The van der Waals surface area contributed by atoms with E-state index in [2.05, 4.69) is 32.1 Å². The molecule has 1 aromatic heterocycles. The second-order valence-corrected chi connectivity index (χ2v) is 7.17. The zero-order valence-electron chi connectivity index (χ0n) is 14.9. The summed E-state index contributed by atoms with van der Waals surface area (Å²) < 4.78 is 0. The Bertz CT molecular complexity index is 556. The van der Waals surface area contributed by atoms with Crippen molar-refractivity contribution in [3.63, 3.8) is 0 Å². The predicted molar refractivity (Wildman–Crippen MR) is 95.0 cm³/mol. The Morgan fingerprint density at radius 2 is 2.04 bits per heavy atom. The fraction of sp³-hybridized carbons (Fsp3) is 0.722. The standard InChI is InChI=1S/C18H29N5O/c1-14-11-17(20-13-19-14)22(2)16-7-9-23(10-8-16)12-15-5-3-4-6-18(24)21-15/h11,13,15-16H,3-10,12H2,1-2H3,(H,21,24). The first kappa shape index (κ1) is 17.1. The van der Waals surface area contributed by atoms with Crippen molar-refractivity contribution in [2.75, 3.05) is 31.6 Å². The van der Waals surface area contributed by atoms with Crippen LogP contribution < -0.4 is 10.2 Å². The van der Waals surface area contributed by atoms with E-state index >= 15 is 0 Å². The lowest BCUT2D eigenvalue weighted by Crippen LogP contribution is -2.48. The summed E-state index contributed by atoms with van der Waals surface area (Å²) >= 11 is 0. The summed E-state index contributed by atoms with van der Waals surface area (Å²) in [7, 11) is 2.13. The van der Waals surface area contributed by atoms with Crippen molar-refractivity contribution in [2.45, 2.75) is 57.5 Å². The summed E-state index contributed by atoms with van der Waals surface area (Å²) in [6.45, 7) is 5.17. The van der Waals surface area contributed by atoms with E-state index in [4.69, 9.17) is 0 Å². The number of rotatable bonds is 4. The van der Waals surface area contributed by atoms with Crippen LogP contribution in [-0.2, 0) is 4.79 Å². The average Bonchev–Trinajstić information content (AvgIpc) is 2.79. The van der Waals surface area contributed by atoms with Gasteiger partial charge in [-0.25, -0.2) is 9.97 Å². The molecule has 24 heavy (non-hydrogen) atoms. The molecule has 1 N–H and O–H groups in total. The number of carbonyl (C=O) groups excluding carboxylic acids is 1. The van der Waals surface area contributed by atoms with Gasteiger partial charge in [0.25, 0.3) is 0 Å². The Morgan fingerprint density at radius 3 is 2.79 bits per heavy atom. The van der Waals surface area contributed by atoms with Gasteiger partial charge in [-0.15, -0.1) is 0 Å². The first-order chi connectivity index (χ1) is 11.6. The third-order valence-electron chi connectivity index (χ3n) is 5.31. The van der Waals surface area contributed by atoms with Crippen LogP contribution in [0.2, 0.25) is 0 Å². The zero-order valence-corrected chi connectivity index (χ0v) is 14.9. The minimum Gasteiger partial charge on any atom is -0.356 e. The molecular formula is C18H29N5O. The normalized spacial score (nSPS) is 23.6. The first-order valence-corrected chi connectivity index (χ1v) is 9.15. The van der Waals surface area contributed by atoms with E-state index in [-0.39, 0.29) is 5.91 Å². The molecule has 3 heterocycles. The molecule has 6 heteroatoms. The average molecular weight is 331 g/mol. The Kier molecular flexibility index (Phi) is 5.66. The van der Waals surface area contributed by atoms with Gasteiger partial charge in [0.15, 0.2) is 0 Å². The Labute approximate surface area is 144 Å². The largest absolute Gasteiger partial charge is 0.356 e. The Balaban J connectivity index is 1.49. The van der Waals surface area contributed by atoms with Crippen LogP contribution in [0.1, 0.15) is 44.2 Å². The number of piperidine rings is 1. The molecule has 0 saturated carbocycles. The molecule has 1 atom stereocenters. The molecule has 1 aromatic rings. The lowest BCUT2D eigenvalue weighted by molar-refractivity contribution is -0.121. The molecule has 0 radical (unpaired) electrons. The summed E-state index contributed by atoms with van der Waals surface area (Å²) in [6.07, 6.45) is 7.93. The predicted octanol–water partition coefficient (Wildman–Crippen LogP) is 1.74. The summed E-state index contributed by atoms with van der Waals surface area (Å²) in [5, 5.41) is 3.18. The van der Waals surface area contributed by atoms with E-state index in [9.17, 15) is 4.79 Å². The molecule has 3 rings (SSSR count). The van der Waals surface area contributed by atoms with Gasteiger partial charge in [0, 0.05) is 56.9 Å². The molecule has 2 fully saturated rings. The molecule has 2 aliphatic heterocycles. The maximum absolute atomic E-state index is 11.7. The maximum atomic E-state index is 11.7. The number of hydrogen-bond acceptors (Lipinski definition) is 5. The maximum Gasteiger partial charge on any atom is 0.220 e. The monoisotopic (exact) mass is 331 g/mol. The van der Waals surface area contributed by atoms with Crippen LogP contribution in [0, 0.1) is 6.92 Å². The second-order valence-electron chi connectivity index (χ2n) is 7.17. The van der Waals surface area contributed by atoms with E-state index < -0.39 is 0 Å². The number of aromatic nitrogens is 2. The van der Waals surface area contributed by atoms with Crippen LogP contribution in [0.4, 0.5) is 5.82 Å². The third kappa shape index (κ3) is 4.44. The molecule has 0 aromatic carbocycles. The number of amides is 1. The molecule has 0 aliphatic carbocycles. The van der Waals surface area contributed by atoms with Gasteiger partial charge in [0.1, 0.15) is 12.1 Å². The van der Waals surface area contributed by atoms with Crippen LogP contribution >= 0.6 is 0 Å². The van der Waals surface area contributed by atoms with E-state index in [1.54, 1.807) is 6.33 Å². The number of likely N-dealkylation sites (tertiary alicyclic amines) is 1. The summed E-state index contributed by atoms with van der Waals surface area (Å²) in [5.74, 6) is 1.24. The van der Waals surface area contributed by atoms with Gasteiger partial charge in [-0.3, -0.25) is 4.79 Å². The highest BCUT2D eigenvalue weighted by atomic mass is 16.1. The first-order valence-electron chi connectivity index (χ1n) is 9.15. The van der Waals surface area contributed by atoms with E-state index in [1.807, 2.05) is 13.0 Å². The minimum absolute atomic E-state index is 0.228. The molecule has 2 saturated heterocycles. The van der Waals surface area contributed by atoms with Gasteiger partial charge in [-0.2, -0.15) is 0 Å².